The Morgan fingerprint density at radius 3 is 2.23 bits per heavy atom. The van der Waals surface area contributed by atoms with Gasteiger partial charge in [0.1, 0.15) is 11.8 Å². The fourth-order valence-corrected chi connectivity index (χ4v) is 3.08. The van der Waals surface area contributed by atoms with Gasteiger partial charge in [-0.1, -0.05) is 40.7 Å². The second-order valence-electron chi connectivity index (χ2n) is 8.18. The maximum Gasteiger partial charge on any atom is 0.305 e. The lowest BCUT2D eigenvalue weighted by Gasteiger charge is -2.25. The number of nitro groups is 1. The summed E-state index contributed by atoms with van der Waals surface area (Å²) in [6.07, 6.45) is 0.868. The molecule has 13 heteroatoms. The Morgan fingerprint density at radius 2 is 1.82 bits per heavy atom. The maximum atomic E-state index is 12.2. The van der Waals surface area contributed by atoms with Crippen molar-refractivity contribution in [3.8, 4) is 5.75 Å². The Balaban J connectivity index is 0. The number of aldehydes is 1. The van der Waals surface area contributed by atoms with Gasteiger partial charge < -0.3 is 31.5 Å². The molecule has 0 aliphatic rings. The number of likely N-dealkylation sites (N-methyl/N-ethyl adjacent to an activating group) is 1. The molecule has 0 bridgehead atoms. The number of hydrogen-bond donors (Lipinski definition) is 5. The second-order valence-corrected chi connectivity index (χ2v) is 8.18. The molecule has 0 radical (unpaired) electrons. The van der Waals surface area contributed by atoms with E-state index in [9.17, 15) is 29.3 Å². The normalized spacial score (nSPS) is 12.1. The highest BCUT2D eigenvalue weighted by Crippen LogP contribution is 2.27. The monoisotopic (exact) mass is 553 g/mol. The van der Waals surface area contributed by atoms with Crippen LogP contribution in [0.1, 0.15) is 63.4 Å². The van der Waals surface area contributed by atoms with Crippen LogP contribution in [0.2, 0.25) is 0 Å². The highest BCUT2D eigenvalue weighted by atomic mass is 16.6. The van der Waals surface area contributed by atoms with Crippen molar-refractivity contribution in [2.75, 3.05) is 20.2 Å². The van der Waals surface area contributed by atoms with Gasteiger partial charge in [0, 0.05) is 17.8 Å². The van der Waals surface area contributed by atoms with Crippen LogP contribution in [-0.4, -0.2) is 66.4 Å². The number of ether oxygens (including phenoxy) is 1. The number of aliphatic carboxylic acids is 1. The summed E-state index contributed by atoms with van der Waals surface area (Å²) in [4.78, 5) is 55.8. The molecule has 39 heavy (non-hydrogen) atoms. The van der Waals surface area contributed by atoms with Crippen molar-refractivity contribution < 1.29 is 33.9 Å². The van der Waals surface area contributed by atoms with Gasteiger partial charge in [-0.15, -0.1) is 0 Å². The number of amides is 2. The van der Waals surface area contributed by atoms with Crippen molar-refractivity contribution in [1.82, 2.24) is 16.0 Å². The van der Waals surface area contributed by atoms with Gasteiger partial charge in [-0.2, -0.15) is 0 Å². The van der Waals surface area contributed by atoms with Crippen LogP contribution in [0.3, 0.4) is 0 Å². The van der Waals surface area contributed by atoms with E-state index in [4.69, 9.17) is 15.6 Å². The predicted octanol–water partition coefficient (Wildman–Crippen LogP) is 2.31. The van der Waals surface area contributed by atoms with Gasteiger partial charge in [0.15, 0.2) is 6.29 Å². The number of nitrogens with zero attached hydrogens (tertiary/aromatic N) is 1. The molecule has 0 fully saturated rings. The number of nitrogens with two attached hydrogens (primary N) is 1. The van der Waals surface area contributed by atoms with E-state index in [1.165, 1.54) is 19.2 Å². The Morgan fingerprint density at radius 1 is 1.23 bits per heavy atom. The number of rotatable bonds is 14. The van der Waals surface area contributed by atoms with Gasteiger partial charge in [-0.3, -0.25) is 29.3 Å². The van der Waals surface area contributed by atoms with Crippen LogP contribution in [0.4, 0.5) is 5.69 Å². The molecule has 0 aliphatic heterocycles. The number of benzene rings is 1. The molecule has 1 aromatic carbocycles. The summed E-state index contributed by atoms with van der Waals surface area (Å²) >= 11 is 0. The Kier molecular flexibility index (Phi) is 19.1. The molecule has 220 valence electrons. The van der Waals surface area contributed by atoms with Crippen LogP contribution < -0.4 is 26.4 Å². The fourth-order valence-electron chi connectivity index (χ4n) is 3.08. The zero-order chi connectivity index (χ0) is 30.7. The summed E-state index contributed by atoms with van der Waals surface area (Å²) in [6, 6.07) is 0.936. The number of non-ortho nitro benzene ring substituents is 1. The average molecular weight is 554 g/mol. The van der Waals surface area contributed by atoms with E-state index in [0.29, 0.717) is 36.3 Å². The Labute approximate surface area is 229 Å². The Bertz CT molecular complexity index is 983. The molecule has 13 nitrogen and oxygen atoms in total. The summed E-state index contributed by atoms with van der Waals surface area (Å²) in [5.74, 6) is -1.70. The molecular weight excluding hydrogens is 510 g/mol. The molecule has 0 spiro atoms. The first-order valence-corrected chi connectivity index (χ1v) is 12.6. The number of hydrogen-bond acceptors (Lipinski definition) is 9. The van der Waals surface area contributed by atoms with E-state index < -0.39 is 28.9 Å². The lowest BCUT2D eigenvalue weighted by Crippen LogP contribution is -2.55. The number of nitrogens with one attached hydrogen (secondary N) is 3. The van der Waals surface area contributed by atoms with E-state index in [2.05, 4.69) is 22.5 Å². The van der Waals surface area contributed by atoms with Gasteiger partial charge in [0.25, 0.3) is 5.69 Å². The van der Waals surface area contributed by atoms with Crippen LogP contribution in [0, 0.1) is 23.0 Å². The molecule has 0 aromatic heterocycles. The van der Waals surface area contributed by atoms with Gasteiger partial charge in [0.05, 0.1) is 36.1 Å². The van der Waals surface area contributed by atoms with E-state index >= 15 is 0 Å². The van der Waals surface area contributed by atoms with E-state index in [0.717, 1.165) is 0 Å². The molecular formula is C26H43N5O8. The number of carbonyl (C=O) groups is 4. The third kappa shape index (κ3) is 13.9. The number of nitro benzene ring substituents is 1. The second kappa shape index (κ2) is 20.0. The molecule has 0 aliphatic carbocycles. The first-order valence-electron chi connectivity index (χ1n) is 12.6. The van der Waals surface area contributed by atoms with Crippen molar-refractivity contribution in [3.05, 3.63) is 45.6 Å². The number of carboxylic acid groups (broad SMARTS) is 1. The fraction of sp³-hybridized carbons (Fsp3) is 0.538. The summed E-state index contributed by atoms with van der Waals surface area (Å²) in [6.45, 7) is 15.2. The zero-order valence-electron chi connectivity index (χ0n) is 23.8. The number of carbonyl (C=O) groups excluding carboxylic acids is 3. The van der Waals surface area contributed by atoms with Gasteiger partial charge in [-0.25, -0.2) is 0 Å². The van der Waals surface area contributed by atoms with E-state index in [-0.39, 0.29) is 36.0 Å². The van der Waals surface area contributed by atoms with E-state index in [1.54, 1.807) is 13.8 Å². The molecule has 1 aromatic rings. The van der Waals surface area contributed by atoms with Gasteiger partial charge >= 0.3 is 5.97 Å². The minimum Gasteiger partial charge on any atom is -0.493 e. The van der Waals surface area contributed by atoms with Gasteiger partial charge in [-0.05, 0) is 32.4 Å². The largest absolute Gasteiger partial charge is 0.493 e. The molecule has 1 rings (SSSR count). The molecule has 3 atom stereocenters. The SMILES string of the molecule is C=C(N)CNC(=O)C(NC(=O)C(CC(=O)O)NC)C(C)CC.CC.CCOc1c(C)cc([N+](=O)[O-])cc1C=O. The van der Waals surface area contributed by atoms with Crippen molar-refractivity contribution in [3.63, 3.8) is 0 Å². The smallest absolute Gasteiger partial charge is 0.305 e. The van der Waals surface area contributed by atoms with Crippen molar-refractivity contribution in [1.29, 1.82) is 0 Å². The minimum absolute atomic E-state index is 0.0990. The Hall–Kier alpha value is -4.00. The zero-order valence-corrected chi connectivity index (χ0v) is 23.8. The van der Waals surface area contributed by atoms with Crippen LogP contribution >= 0.6 is 0 Å². The summed E-state index contributed by atoms with van der Waals surface area (Å²) in [7, 11) is 1.49. The molecule has 0 saturated heterocycles. The lowest BCUT2D eigenvalue weighted by molar-refractivity contribution is -0.384. The lowest BCUT2D eigenvalue weighted by atomic mass is 9.97. The first kappa shape index (κ1) is 37.2. The van der Waals surface area contributed by atoms with Crippen LogP contribution in [0.5, 0.6) is 5.75 Å². The number of aryl methyl sites for hydroxylation is 1. The van der Waals surface area contributed by atoms with Crippen LogP contribution in [-0.2, 0) is 14.4 Å². The van der Waals surface area contributed by atoms with Gasteiger partial charge in [0.2, 0.25) is 11.8 Å². The molecule has 0 heterocycles. The highest BCUT2D eigenvalue weighted by molar-refractivity contribution is 5.91. The molecule has 2 amide bonds. The third-order valence-corrected chi connectivity index (χ3v) is 5.24. The summed E-state index contributed by atoms with van der Waals surface area (Å²) < 4.78 is 5.24. The van der Waals surface area contributed by atoms with Crippen molar-refractivity contribution >= 4 is 29.8 Å². The van der Waals surface area contributed by atoms with E-state index in [1.807, 2.05) is 27.7 Å². The summed E-state index contributed by atoms with van der Waals surface area (Å²) in [5, 5.41) is 27.1. The highest BCUT2D eigenvalue weighted by Gasteiger charge is 2.29. The maximum absolute atomic E-state index is 12.2. The standard InChI is InChI=1S/C14H26N4O4.C10H11NO4.C2H6/c1-5-8(2)12(14(22)17-7-9(3)15)18-13(21)10(16-4)6-11(19)20;1-3-15-10-7(2)4-9(11(13)14)5-8(10)6-12;1-2/h8,10,12,16H,3,5-7,15H2,1-2,4H3,(H,17,22)(H,18,21)(H,19,20);4-6H,3H2,1-2H3;1-2H3. The molecule has 3 unspecified atom stereocenters. The van der Waals surface area contributed by atoms with Crippen LogP contribution in [0.25, 0.3) is 0 Å². The van der Waals surface area contributed by atoms with Crippen LogP contribution in [0.15, 0.2) is 24.4 Å². The molecule has 0 saturated carbocycles. The van der Waals surface area contributed by atoms with Crippen molar-refractivity contribution in [2.24, 2.45) is 11.7 Å². The third-order valence-electron chi connectivity index (χ3n) is 5.24. The average Bonchev–Trinajstić information content (AvgIpc) is 2.90. The molecule has 6 N–H and O–H groups in total. The number of carboxylic acids is 1. The topological polar surface area (TPSA) is 203 Å². The first-order chi connectivity index (χ1) is 18.3. The summed E-state index contributed by atoms with van der Waals surface area (Å²) in [5.41, 5.74) is 6.41. The minimum atomic E-state index is -1.10. The quantitative estimate of drug-likeness (QED) is 0.129. The predicted molar refractivity (Wildman–Crippen MR) is 149 cm³/mol. The van der Waals surface area contributed by atoms with Crippen molar-refractivity contribution in [2.45, 2.75) is 66.5 Å².